The van der Waals surface area contributed by atoms with Gasteiger partial charge in [-0.2, -0.15) is 4.31 Å². The predicted molar refractivity (Wildman–Crippen MR) is 129 cm³/mol. The van der Waals surface area contributed by atoms with Crippen LogP contribution in [0.4, 0.5) is 0 Å². The number of rotatable bonds is 7. The summed E-state index contributed by atoms with van der Waals surface area (Å²) in [7, 11) is -3.55. The van der Waals surface area contributed by atoms with Crippen LogP contribution >= 0.6 is 11.6 Å². The summed E-state index contributed by atoms with van der Waals surface area (Å²) < 4.78 is 35.9. The lowest BCUT2D eigenvalue weighted by Crippen LogP contribution is -2.41. The molecule has 2 heterocycles. The minimum absolute atomic E-state index is 0.0338. The molecule has 3 unspecified atom stereocenters. The van der Waals surface area contributed by atoms with Crippen molar-refractivity contribution in [3.63, 3.8) is 0 Å². The Labute approximate surface area is 199 Å². The predicted octanol–water partition coefficient (Wildman–Crippen LogP) is 4.52. The number of hydrogen-bond acceptors (Lipinski definition) is 4. The highest BCUT2D eigenvalue weighted by atomic mass is 35.5. The van der Waals surface area contributed by atoms with Crippen molar-refractivity contribution in [3.8, 4) is 0 Å². The van der Waals surface area contributed by atoms with Crippen molar-refractivity contribution >= 4 is 38.5 Å². The summed E-state index contributed by atoms with van der Waals surface area (Å²) in [4.78, 5) is 11.4. The summed E-state index contributed by atoms with van der Waals surface area (Å²) in [5.74, 6) is -0.282. The number of carbonyl (C=O) groups is 1. The van der Waals surface area contributed by atoms with Crippen LogP contribution in [-0.2, 0) is 26.1 Å². The minimum atomic E-state index is -3.55. The van der Waals surface area contributed by atoms with Crippen molar-refractivity contribution < 1.29 is 23.1 Å². The van der Waals surface area contributed by atoms with Gasteiger partial charge in [0, 0.05) is 35.1 Å². The minimum Gasteiger partial charge on any atom is -0.491 e. The van der Waals surface area contributed by atoms with Gasteiger partial charge < -0.3 is 14.4 Å². The molecule has 1 N–H and O–H groups in total. The molecule has 1 aliphatic carbocycles. The zero-order valence-corrected chi connectivity index (χ0v) is 20.5. The summed E-state index contributed by atoms with van der Waals surface area (Å²) in [6, 6.07) is 5.18. The molecule has 1 fully saturated rings. The molecule has 1 saturated heterocycles. The molecule has 0 amide bonds. The normalized spacial score (nSPS) is 23.9. The van der Waals surface area contributed by atoms with E-state index in [1.807, 2.05) is 39.1 Å². The molecule has 1 aromatic carbocycles. The number of sulfonamides is 1. The first-order valence-corrected chi connectivity index (χ1v) is 13.0. The van der Waals surface area contributed by atoms with Gasteiger partial charge in [0.25, 0.3) is 0 Å². The Morgan fingerprint density at radius 3 is 2.73 bits per heavy atom. The molecule has 33 heavy (non-hydrogen) atoms. The van der Waals surface area contributed by atoms with E-state index in [1.54, 1.807) is 33.2 Å². The first-order chi connectivity index (χ1) is 15.6. The lowest BCUT2D eigenvalue weighted by Gasteiger charge is -2.28. The highest BCUT2D eigenvalue weighted by Crippen LogP contribution is 2.41. The molecule has 4 rings (SSSR count). The van der Waals surface area contributed by atoms with E-state index >= 15 is 0 Å². The number of aromatic nitrogens is 1. The van der Waals surface area contributed by atoms with Gasteiger partial charge >= 0.3 is 5.97 Å². The second-order valence-electron chi connectivity index (χ2n) is 8.97. The molecule has 9 heteroatoms. The molecule has 0 spiro atoms. The lowest BCUT2D eigenvalue weighted by molar-refractivity contribution is -0.137. The second-order valence-corrected chi connectivity index (χ2v) is 11.5. The van der Waals surface area contributed by atoms with Crippen LogP contribution in [-0.4, -0.2) is 52.3 Å². The average molecular weight is 493 g/mol. The topological polar surface area (TPSA) is 88.8 Å². The van der Waals surface area contributed by atoms with Crippen molar-refractivity contribution in [2.24, 2.45) is 0 Å². The number of benzene rings is 1. The molecule has 0 radical (unpaired) electrons. The molecule has 3 atom stereocenters. The van der Waals surface area contributed by atoms with Crippen molar-refractivity contribution in [1.29, 1.82) is 0 Å². The van der Waals surface area contributed by atoms with E-state index in [9.17, 15) is 18.3 Å². The molecule has 7 nitrogen and oxygen atoms in total. The third kappa shape index (κ3) is 4.69. The van der Waals surface area contributed by atoms with Crippen LogP contribution in [0.25, 0.3) is 10.9 Å². The summed E-state index contributed by atoms with van der Waals surface area (Å²) in [5.41, 5.74) is 1.70. The lowest BCUT2D eigenvalue weighted by atomic mass is 9.92. The van der Waals surface area contributed by atoms with Crippen molar-refractivity contribution in [2.75, 3.05) is 6.54 Å². The zero-order valence-electron chi connectivity index (χ0n) is 18.9. The van der Waals surface area contributed by atoms with E-state index in [1.165, 1.54) is 0 Å². The van der Waals surface area contributed by atoms with Gasteiger partial charge in [-0.25, -0.2) is 8.42 Å². The Morgan fingerprint density at radius 1 is 1.33 bits per heavy atom. The van der Waals surface area contributed by atoms with Crippen LogP contribution in [0, 0.1) is 0 Å². The molecule has 178 valence electrons. The average Bonchev–Trinajstić information content (AvgIpc) is 3.28. The third-order valence-electron chi connectivity index (χ3n) is 6.38. The number of allylic oxidation sites excluding steroid dienone is 2. The first kappa shape index (κ1) is 23.9. The van der Waals surface area contributed by atoms with Crippen LogP contribution in [0.1, 0.15) is 45.1 Å². The van der Waals surface area contributed by atoms with E-state index in [0.29, 0.717) is 30.2 Å². The van der Waals surface area contributed by atoms with Gasteiger partial charge in [-0.3, -0.25) is 4.79 Å². The van der Waals surface area contributed by atoms with Gasteiger partial charge in [0.05, 0.1) is 16.9 Å². The van der Waals surface area contributed by atoms with Crippen LogP contribution in [0.2, 0.25) is 5.02 Å². The molecule has 1 aromatic heterocycles. The second kappa shape index (κ2) is 9.16. The van der Waals surface area contributed by atoms with E-state index in [2.05, 4.69) is 0 Å². The van der Waals surface area contributed by atoms with Crippen LogP contribution in [0.15, 0.2) is 48.4 Å². The molecule has 1 aliphatic heterocycles. The van der Waals surface area contributed by atoms with Gasteiger partial charge in [-0.1, -0.05) is 23.7 Å². The molecular formula is C24H29ClN2O5S. The standard InChI is InChI=1S/C24H29ClN2O5S/c1-15(2)32-18-5-7-19(8-6-18)33(30,31)27-11-10-20(16(27)3)22-13-26(14-24(28)29)23-12-17(25)4-9-21(22)23/h4-7,9,12-13,15-16,19-20H,8,10-11,14H2,1-3H3,(H,28,29). The number of carboxylic acid groups (broad SMARTS) is 1. The van der Waals surface area contributed by atoms with E-state index in [-0.39, 0.29) is 24.6 Å². The van der Waals surface area contributed by atoms with Gasteiger partial charge in [0.15, 0.2) is 0 Å². The number of hydrogen-bond donors (Lipinski definition) is 1. The monoisotopic (exact) mass is 492 g/mol. The smallest absolute Gasteiger partial charge is 0.323 e. The Balaban J connectivity index is 1.59. The molecular weight excluding hydrogens is 464 g/mol. The number of nitrogens with zero attached hydrogens (tertiary/aromatic N) is 2. The van der Waals surface area contributed by atoms with Crippen LogP contribution < -0.4 is 0 Å². The summed E-state index contributed by atoms with van der Waals surface area (Å²) in [6.45, 7) is 6.05. The maximum atomic E-state index is 13.5. The molecule has 2 aromatic rings. The fourth-order valence-electron chi connectivity index (χ4n) is 4.89. The number of aliphatic carboxylic acids is 1. The SMILES string of the molecule is CC(C)OC1=CCC(S(=O)(=O)N2CCC(c3cn(CC(=O)O)c4cc(Cl)ccc34)C2C)C=C1. The van der Waals surface area contributed by atoms with Gasteiger partial charge in [0.2, 0.25) is 10.0 Å². The molecule has 2 aliphatic rings. The Kier molecular flexibility index (Phi) is 6.62. The van der Waals surface area contributed by atoms with Crippen molar-refractivity contribution in [1.82, 2.24) is 8.87 Å². The fourth-order valence-corrected chi connectivity index (χ4v) is 6.99. The van der Waals surface area contributed by atoms with Gasteiger partial charge in [-0.15, -0.1) is 0 Å². The molecule has 0 saturated carbocycles. The van der Waals surface area contributed by atoms with E-state index in [0.717, 1.165) is 16.5 Å². The van der Waals surface area contributed by atoms with Crippen LogP contribution in [0.3, 0.4) is 0 Å². The quantitative estimate of drug-likeness (QED) is 0.613. The number of fused-ring (bicyclic) bond motifs is 1. The summed E-state index contributed by atoms with van der Waals surface area (Å²) in [5, 5.41) is 10.1. The Bertz CT molecular complexity index is 1230. The number of halogens is 1. The third-order valence-corrected chi connectivity index (χ3v) is 8.90. The Morgan fingerprint density at radius 2 is 2.09 bits per heavy atom. The van der Waals surface area contributed by atoms with Crippen molar-refractivity contribution in [3.05, 3.63) is 59.0 Å². The van der Waals surface area contributed by atoms with Gasteiger partial charge in [-0.05, 0) is 63.5 Å². The van der Waals surface area contributed by atoms with Crippen molar-refractivity contribution in [2.45, 2.75) is 63.5 Å². The number of carboxylic acids is 1. The van der Waals surface area contributed by atoms with E-state index < -0.39 is 21.2 Å². The van der Waals surface area contributed by atoms with Gasteiger partial charge in [0.1, 0.15) is 12.3 Å². The highest BCUT2D eigenvalue weighted by molar-refractivity contribution is 7.89. The first-order valence-electron chi connectivity index (χ1n) is 11.1. The zero-order chi connectivity index (χ0) is 23.9. The number of ether oxygens (including phenoxy) is 1. The summed E-state index contributed by atoms with van der Waals surface area (Å²) in [6.07, 6.45) is 8.22. The fraction of sp³-hybridized carbons (Fsp3) is 0.458. The highest BCUT2D eigenvalue weighted by Gasteiger charge is 2.42. The maximum Gasteiger partial charge on any atom is 0.323 e. The summed E-state index contributed by atoms with van der Waals surface area (Å²) >= 11 is 6.16. The molecule has 0 bridgehead atoms. The van der Waals surface area contributed by atoms with E-state index in [4.69, 9.17) is 16.3 Å². The Hall–Kier alpha value is -2.29. The maximum absolute atomic E-state index is 13.5. The van der Waals surface area contributed by atoms with Crippen LogP contribution in [0.5, 0.6) is 0 Å². The largest absolute Gasteiger partial charge is 0.491 e.